The molecule has 0 atom stereocenters. The summed E-state index contributed by atoms with van der Waals surface area (Å²) in [5.41, 5.74) is 6.55. The van der Waals surface area contributed by atoms with E-state index in [0.29, 0.717) is 16.1 Å². The highest BCUT2D eigenvalue weighted by molar-refractivity contribution is 7.80. The average molecular weight is 485 g/mol. The van der Waals surface area contributed by atoms with Crippen LogP contribution in [0, 0.1) is 17.0 Å². The van der Waals surface area contributed by atoms with Gasteiger partial charge in [0.05, 0.1) is 17.1 Å². The first-order chi connectivity index (χ1) is 15.8. The van der Waals surface area contributed by atoms with Crippen LogP contribution in [0.25, 0.3) is 10.4 Å². The molecule has 3 N–H and O–H groups in total. The highest BCUT2D eigenvalue weighted by Gasteiger charge is 2.20. The van der Waals surface area contributed by atoms with Crippen molar-refractivity contribution in [2.45, 2.75) is 13.8 Å². The number of nitro benzene ring substituents is 1. The minimum Gasteiger partial charge on any atom is -0.462 e. The number of aryl methyl sites for hydroxylation is 1. The molecule has 0 aliphatic rings. The van der Waals surface area contributed by atoms with Gasteiger partial charge in [-0.1, -0.05) is 36.4 Å². The quantitative estimate of drug-likeness (QED) is 0.203. The number of benzene rings is 2. The van der Waals surface area contributed by atoms with Crippen molar-refractivity contribution in [3.05, 3.63) is 81.4 Å². The van der Waals surface area contributed by atoms with Gasteiger partial charge in [-0.25, -0.2) is 4.79 Å². The van der Waals surface area contributed by atoms with Crippen LogP contribution in [0.3, 0.4) is 0 Å². The molecule has 0 unspecified atom stereocenters. The molecular weight excluding hydrogens is 464 g/mol. The summed E-state index contributed by atoms with van der Waals surface area (Å²) in [7, 11) is 0. The zero-order valence-corrected chi connectivity index (χ0v) is 19.3. The number of hydrazine groups is 1. The largest absolute Gasteiger partial charge is 0.462 e. The topological polar surface area (TPSA) is 123 Å². The smallest absolute Gasteiger partial charge is 0.341 e. The number of nitrogens with one attached hydrogen (secondary N) is 3. The summed E-state index contributed by atoms with van der Waals surface area (Å²) in [5.74, 6) is -1.11. The van der Waals surface area contributed by atoms with Gasteiger partial charge in [0.1, 0.15) is 5.00 Å². The van der Waals surface area contributed by atoms with Gasteiger partial charge in [0, 0.05) is 22.1 Å². The zero-order chi connectivity index (χ0) is 24.0. The number of anilines is 1. The van der Waals surface area contributed by atoms with Crippen LogP contribution in [0.5, 0.6) is 0 Å². The van der Waals surface area contributed by atoms with Gasteiger partial charge in [-0.05, 0) is 43.8 Å². The van der Waals surface area contributed by atoms with Crippen molar-refractivity contribution in [1.82, 2.24) is 10.9 Å². The number of nitrogens with zero attached hydrogens (tertiary/aromatic N) is 1. The van der Waals surface area contributed by atoms with Crippen molar-refractivity contribution in [3.63, 3.8) is 0 Å². The molecule has 1 amide bonds. The number of carbonyl (C=O) groups excluding carboxylic acids is 2. The van der Waals surface area contributed by atoms with Crippen molar-refractivity contribution in [3.8, 4) is 10.4 Å². The van der Waals surface area contributed by atoms with Crippen molar-refractivity contribution in [2.24, 2.45) is 0 Å². The van der Waals surface area contributed by atoms with E-state index in [9.17, 15) is 19.7 Å². The third kappa shape index (κ3) is 5.90. The number of carbonyl (C=O) groups is 2. The van der Waals surface area contributed by atoms with E-state index in [1.165, 1.54) is 29.5 Å². The van der Waals surface area contributed by atoms with Crippen molar-refractivity contribution >= 4 is 51.2 Å². The van der Waals surface area contributed by atoms with Gasteiger partial charge in [-0.2, -0.15) is 0 Å². The van der Waals surface area contributed by atoms with Gasteiger partial charge in [0.25, 0.3) is 11.6 Å². The molecule has 1 heterocycles. The van der Waals surface area contributed by atoms with Crippen LogP contribution in [0.15, 0.2) is 54.6 Å². The molecule has 0 saturated carbocycles. The van der Waals surface area contributed by atoms with Crippen LogP contribution >= 0.6 is 23.6 Å². The minimum absolute atomic E-state index is 0.0250. The molecule has 3 rings (SSSR count). The summed E-state index contributed by atoms with van der Waals surface area (Å²) in [6, 6.07) is 15.4. The Bertz CT molecular complexity index is 1210. The number of hydrogen-bond acceptors (Lipinski definition) is 7. The highest BCUT2D eigenvalue weighted by atomic mass is 32.1. The Morgan fingerprint density at radius 3 is 2.52 bits per heavy atom. The molecule has 0 aliphatic carbocycles. The van der Waals surface area contributed by atoms with Gasteiger partial charge in [0.15, 0.2) is 5.11 Å². The lowest BCUT2D eigenvalue weighted by Crippen LogP contribution is -2.43. The maximum Gasteiger partial charge on any atom is 0.341 e. The molecule has 170 valence electrons. The lowest BCUT2D eigenvalue weighted by Gasteiger charge is -2.12. The Hall–Kier alpha value is -3.83. The number of thiocarbonyl (C=S) groups is 1. The fraction of sp³-hybridized carbons (Fsp3) is 0.136. The van der Waals surface area contributed by atoms with E-state index in [1.807, 2.05) is 30.3 Å². The standard InChI is InChI=1S/C22H20N4O5S2/c1-3-31-21(28)16-12-18(14-7-5-4-6-8-14)33-20(16)23-22(32)25-24-19(27)15-10-9-13(2)17(11-15)26(29)30/h4-12H,3H2,1-2H3,(H,24,27)(H2,23,25,32). The molecule has 9 nitrogen and oxygen atoms in total. The van der Waals surface area contributed by atoms with Crippen molar-refractivity contribution in [1.29, 1.82) is 0 Å². The summed E-state index contributed by atoms with van der Waals surface area (Å²) in [6.07, 6.45) is 0. The Kier molecular flexibility index (Phi) is 7.70. The molecule has 0 fully saturated rings. The first-order valence-electron chi connectivity index (χ1n) is 9.79. The van der Waals surface area contributed by atoms with E-state index in [2.05, 4.69) is 16.2 Å². The lowest BCUT2D eigenvalue weighted by molar-refractivity contribution is -0.385. The predicted octanol–water partition coefficient (Wildman–Crippen LogP) is 4.44. The molecule has 0 radical (unpaired) electrons. The highest BCUT2D eigenvalue weighted by Crippen LogP contribution is 2.35. The summed E-state index contributed by atoms with van der Waals surface area (Å²) >= 11 is 6.54. The van der Waals surface area contributed by atoms with E-state index in [4.69, 9.17) is 17.0 Å². The van der Waals surface area contributed by atoms with Gasteiger partial charge < -0.3 is 10.1 Å². The Morgan fingerprint density at radius 1 is 1.12 bits per heavy atom. The first-order valence-corrected chi connectivity index (χ1v) is 11.0. The number of thiophene rings is 1. The normalized spacial score (nSPS) is 10.2. The fourth-order valence-corrected chi connectivity index (χ4v) is 4.13. The number of amides is 1. The minimum atomic E-state index is -0.607. The second kappa shape index (κ2) is 10.7. The Balaban J connectivity index is 1.72. The molecule has 1 aromatic heterocycles. The van der Waals surface area contributed by atoms with Crippen LogP contribution in [0.2, 0.25) is 0 Å². The number of hydrogen-bond donors (Lipinski definition) is 3. The molecule has 0 aliphatic heterocycles. The van der Waals surface area contributed by atoms with Crippen molar-refractivity contribution in [2.75, 3.05) is 11.9 Å². The fourth-order valence-electron chi connectivity index (χ4n) is 2.86. The molecule has 0 saturated heterocycles. The number of ether oxygens (including phenoxy) is 1. The Labute approximate surface area is 198 Å². The first kappa shape index (κ1) is 23.8. The van der Waals surface area contributed by atoms with Crippen LogP contribution in [0.1, 0.15) is 33.2 Å². The second-order valence-corrected chi connectivity index (χ2v) is 8.19. The van der Waals surface area contributed by atoms with Gasteiger partial charge in [-0.3, -0.25) is 25.8 Å². The van der Waals surface area contributed by atoms with Crippen LogP contribution in [-0.2, 0) is 4.74 Å². The monoisotopic (exact) mass is 484 g/mol. The van der Waals surface area contributed by atoms with E-state index in [1.54, 1.807) is 19.9 Å². The number of nitro groups is 1. The van der Waals surface area contributed by atoms with Crippen LogP contribution < -0.4 is 16.2 Å². The van der Waals surface area contributed by atoms with E-state index < -0.39 is 16.8 Å². The Morgan fingerprint density at radius 2 is 1.85 bits per heavy atom. The van der Waals surface area contributed by atoms with Crippen LogP contribution in [-0.4, -0.2) is 28.5 Å². The summed E-state index contributed by atoms with van der Waals surface area (Å²) < 4.78 is 5.13. The van der Waals surface area contributed by atoms with Gasteiger partial charge in [-0.15, -0.1) is 11.3 Å². The molecule has 0 bridgehead atoms. The van der Waals surface area contributed by atoms with E-state index >= 15 is 0 Å². The molecule has 2 aromatic carbocycles. The summed E-state index contributed by atoms with van der Waals surface area (Å²) in [4.78, 5) is 36.2. The molecule has 33 heavy (non-hydrogen) atoms. The summed E-state index contributed by atoms with van der Waals surface area (Å²) in [5, 5.41) is 14.5. The third-order valence-corrected chi connectivity index (χ3v) is 5.77. The molecule has 0 spiro atoms. The SMILES string of the molecule is CCOC(=O)c1cc(-c2ccccc2)sc1NC(=S)NNC(=O)c1ccc(C)c([N+](=O)[O-])c1. The summed E-state index contributed by atoms with van der Waals surface area (Å²) in [6.45, 7) is 3.52. The molecule has 3 aromatic rings. The maximum absolute atomic E-state index is 12.4. The number of rotatable bonds is 6. The maximum atomic E-state index is 12.4. The predicted molar refractivity (Wildman–Crippen MR) is 130 cm³/mol. The number of esters is 1. The van der Waals surface area contributed by atoms with E-state index in [0.717, 1.165) is 10.4 Å². The second-order valence-electron chi connectivity index (χ2n) is 6.73. The third-order valence-electron chi connectivity index (χ3n) is 4.47. The van der Waals surface area contributed by atoms with Gasteiger partial charge in [0.2, 0.25) is 0 Å². The zero-order valence-electron chi connectivity index (χ0n) is 17.7. The van der Waals surface area contributed by atoms with Gasteiger partial charge >= 0.3 is 5.97 Å². The molecular formula is C22H20N4O5S2. The van der Waals surface area contributed by atoms with E-state index in [-0.39, 0.29) is 23.0 Å². The lowest BCUT2D eigenvalue weighted by atomic mass is 10.1. The van der Waals surface area contributed by atoms with Crippen LogP contribution in [0.4, 0.5) is 10.7 Å². The average Bonchev–Trinajstić information content (AvgIpc) is 3.22. The van der Waals surface area contributed by atoms with Crippen molar-refractivity contribution < 1.29 is 19.2 Å². The molecule has 11 heteroatoms.